The predicted octanol–water partition coefficient (Wildman–Crippen LogP) is 0.491. The highest BCUT2D eigenvalue weighted by molar-refractivity contribution is 7.99. The highest BCUT2D eigenvalue weighted by Crippen LogP contribution is 2.14. The minimum absolute atomic E-state index is 0.0637. The molecule has 0 radical (unpaired) electrons. The van der Waals surface area contributed by atoms with Crippen molar-refractivity contribution in [3.8, 4) is 0 Å². The van der Waals surface area contributed by atoms with Crippen LogP contribution in [0.25, 0.3) is 0 Å². The largest absolute Gasteiger partial charge is 0.481 e. The zero-order chi connectivity index (χ0) is 11.4. The summed E-state index contributed by atoms with van der Waals surface area (Å²) in [4.78, 5) is 10.4. The zero-order valence-corrected chi connectivity index (χ0v) is 8.92. The number of tetrazole rings is 1. The first-order valence-corrected chi connectivity index (χ1v) is 5.36. The Morgan fingerprint density at radius 2 is 2.50 bits per heavy atom. The van der Waals surface area contributed by atoms with Gasteiger partial charge in [0.1, 0.15) is 0 Å². The Morgan fingerprint density at radius 3 is 3.19 bits per heavy atom. The van der Waals surface area contributed by atoms with Gasteiger partial charge < -0.3 is 9.52 Å². The molecule has 0 aliphatic carbocycles. The second-order valence-corrected chi connectivity index (χ2v) is 3.88. The first-order chi connectivity index (χ1) is 7.75. The summed E-state index contributed by atoms with van der Waals surface area (Å²) in [5.74, 6) is -0.964. The molecular formula is C8H8N4O3S. The molecule has 0 unspecified atom stereocenters. The maximum atomic E-state index is 10.4. The van der Waals surface area contributed by atoms with Gasteiger partial charge >= 0.3 is 5.97 Å². The number of nitrogens with zero attached hydrogens (tertiary/aromatic N) is 4. The average Bonchev–Trinajstić information content (AvgIpc) is 2.87. The summed E-state index contributed by atoms with van der Waals surface area (Å²) in [5, 5.41) is 20.0. The molecule has 0 aliphatic rings. The Bertz CT molecular complexity index is 467. The Hall–Kier alpha value is -1.83. The fraction of sp³-hybridized carbons (Fsp3) is 0.250. The van der Waals surface area contributed by atoms with Crippen molar-refractivity contribution in [2.24, 2.45) is 0 Å². The monoisotopic (exact) mass is 240 g/mol. The lowest BCUT2D eigenvalue weighted by atomic mass is 10.3. The first kappa shape index (κ1) is 10.7. The third kappa shape index (κ3) is 2.60. The van der Waals surface area contributed by atoms with E-state index < -0.39 is 5.97 Å². The van der Waals surface area contributed by atoms with Gasteiger partial charge in [-0.05, 0) is 16.5 Å². The van der Waals surface area contributed by atoms with E-state index in [1.54, 1.807) is 18.6 Å². The molecule has 7 nitrogen and oxygen atoms in total. The van der Waals surface area contributed by atoms with E-state index in [1.165, 1.54) is 4.68 Å². The molecule has 84 valence electrons. The van der Waals surface area contributed by atoms with Crippen molar-refractivity contribution in [1.82, 2.24) is 20.2 Å². The van der Waals surface area contributed by atoms with E-state index in [4.69, 9.17) is 9.52 Å². The van der Waals surface area contributed by atoms with Gasteiger partial charge in [0, 0.05) is 5.56 Å². The molecule has 2 heterocycles. The summed E-state index contributed by atoms with van der Waals surface area (Å²) in [7, 11) is 0. The molecule has 0 aromatic carbocycles. The maximum absolute atomic E-state index is 10.4. The van der Waals surface area contributed by atoms with Crippen molar-refractivity contribution >= 4 is 17.7 Å². The second-order valence-electron chi connectivity index (χ2n) is 2.93. The maximum Gasteiger partial charge on any atom is 0.313 e. The van der Waals surface area contributed by atoms with E-state index in [9.17, 15) is 4.79 Å². The lowest BCUT2D eigenvalue weighted by molar-refractivity contribution is -0.133. The van der Waals surface area contributed by atoms with Crippen LogP contribution < -0.4 is 0 Å². The fourth-order valence-electron chi connectivity index (χ4n) is 1.08. The van der Waals surface area contributed by atoms with E-state index in [2.05, 4.69) is 15.5 Å². The number of hydrogen-bond acceptors (Lipinski definition) is 6. The van der Waals surface area contributed by atoms with Gasteiger partial charge in [-0.3, -0.25) is 4.79 Å². The van der Waals surface area contributed by atoms with Crippen LogP contribution in [0.2, 0.25) is 0 Å². The number of furan rings is 1. The Balaban J connectivity index is 2.04. The average molecular weight is 240 g/mol. The van der Waals surface area contributed by atoms with Crippen molar-refractivity contribution in [1.29, 1.82) is 0 Å². The molecule has 2 rings (SSSR count). The van der Waals surface area contributed by atoms with Crippen LogP contribution in [0.4, 0.5) is 0 Å². The second kappa shape index (κ2) is 4.79. The van der Waals surface area contributed by atoms with Crippen molar-refractivity contribution < 1.29 is 14.3 Å². The number of carboxylic acid groups (broad SMARTS) is 1. The molecule has 0 aliphatic heterocycles. The SMILES string of the molecule is O=C(O)CSc1nnnn1Cc1ccoc1. The molecule has 0 atom stereocenters. The van der Waals surface area contributed by atoms with Crippen LogP contribution in [0.15, 0.2) is 28.2 Å². The molecule has 16 heavy (non-hydrogen) atoms. The van der Waals surface area contributed by atoms with E-state index >= 15 is 0 Å². The van der Waals surface area contributed by atoms with Gasteiger partial charge in [-0.25, -0.2) is 4.68 Å². The van der Waals surface area contributed by atoms with Gasteiger partial charge in [0.2, 0.25) is 5.16 Å². The van der Waals surface area contributed by atoms with E-state index in [1.807, 2.05) is 0 Å². The fourth-order valence-corrected chi connectivity index (χ4v) is 1.68. The number of hydrogen-bond donors (Lipinski definition) is 1. The van der Waals surface area contributed by atoms with Crippen LogP contribution in [0.1, 0.15) is 5.56 Å². The molecule has 0 saturated carbocycles. The summed E-state index contributed by atoms with van der Waals surface area (Å²) in [5.41, 5.74) is 0.921. The van der Waals surface area contributed by atoms with Gasteiger partial charge in [0.15, 0.2) is 0 Å². The molecule has 0 fully saturated rings. The van der Waals surface area contributed by atoms with Crippen molar-refractivity contribution in [3.05, 3.63) is 24.2 Å². The van der Waals surface area contributed by atoms with E-state index in [0.29, 0.717) is 11.7 Å². The van der Waals surface area contributed by atoms with Crippen molar-refractivity contribution in [2.75, 3.05) is 5.75 Å². The van der Waals surface area contributed by atoms with Crippen LogP contribution in [0.3, 0.4) is 0 Å². The lowest BCUT2D eigenvalue weighted by Gasteiger charge is -2.00. The molecular weight excluding hydrogens is 232 g/mol. The highest BCUT2D eigenvalue weighted by Gasteiger charge is 2.09. The molecule has 8 heteroatoms. The summed E-state index contributed by atoms with van der Waals surface area (Å²) >= 11 is 1.08. The molecule has 0 spiro atoms. The molecule has 0 bridgehead atoms. The number of aliphatic carboxylic acids is 1. The van der Waals surface area contributed by atoms with Crippen molar-refractivity contribution in [3.63, 3.8) is 0 Å². The standard InChI is InChI=1S/C8H8N4O3S/c13-7(14)5-16-8-9-10-11-12(8)3-6-1-2-15-4-6/h1-2,4H,3,5H2,(H,13,14). The number of aromatic nitrogens is 4. The first-order valence-electron chi connectivity index (χ1n) is 4.37. The van der Waals surface area contributed by atoms with Crippen LogP contribution in [0.5, 0.6) is 0 Å². The molecule has 2 aromatic rings. The molecule has 0 saturated heterocycles. The zero-order valence-electron chi connectivity index (χ0n) is 8.11. The Labute approximate surface area is 94.4 Å². The van der Waals surface area contributed by atoms with Crippen molar-refractivity contribution in [2.45, 2.75) is 11.7 Å². The minimum Gasteiger partial charge on any atom is -0.481 e. The van der Waals surface area contributed by atoms with E-state index in [-0.39, 0.29) is 5.75 Å². The summed E-state index contributed by atoms with van der Waals surface area (Å²) in [6, 6.07) is 1.80. The number of carbonyl (C=O) groups is 1. The summed E-state index contributed by atoms with van der Waals surface area (Å²) in [6.07, 6.45) is 3.15. The number of thioether (sulfide) groups is 1. The molecule has 1 N–H and O–H groups in total. The van der Waals surface area contributed by atoms with Gasteiger partial charge in [0.05, 0.1) is 24.8 Å². The normalized spacial score (nSPS) is 10.5. The smallest absolute Gasteiger partial charge is 0.313 e. The summed E-state index contributed by atoms with van der Waals surface area (Å²) in [6.45, 7) is 0.464. The number of rotatable bonds is 5. The Morgan fingerprint density at radius 1 is 1.62 bits per heavy atom. The quantitative estimate of drug-likeness (QED) is 0.760. The van der Waals surface area contributed by atoms with Gasteiger partial charge in [-0.1, -0.05) is 11.8 Å². The third-order valence-electron chi connectivity index (χ3n) is 1.74. The molecule has 2 aromatic heterocycles. The predicted molar refractivity (Wildman–Crippen MR) is 54.0 cm³/mol. The highest BCUT2D eigenvalue weighted by atomic mass is 32.2. The van der Waals surface area contributed by atoms with Gasteiger partial charge in [0.25, 0.3) is 0 Å². The lowest BCUT2D eigenvalue weighted by Crippen LogP contribution is -2.05. The van der Waals surface area contributed by atoms with E-state index in [0.717, 1.165) is 17.3 Å². The van der Waals surface area contributed by atoms with Gasteiger partial charge in [-0.2, -0.15) is 0 Å². The van der Waals surface area contributed by atoms with Gasteiger partial charge in [-0.15, -0.1) is 5.10 Å². The van der Waals surface area contributed by atoms with Crippen LogP contribution in [-0.4, -0.2) is 37.0 Å². The summed E-state index contributed by atoms with van der Waals surface area (Å²) < 4.78 is 6.44. The topological polar surface area (TPSA) is 94.0 Å². The number of carboxylic acids is 1. The van der Waals surface area contributed by atoms with Crippen LogP contribution in [0, 0.1) is 0 Å². The molecule has 0 amide bonds. The van der Waals surface area contributed by atoms with Crippen LogP contribution in [-0.2, 0) is 11.3 Å². The third-order valence-corrected chi connectivity index (χ3v) is 2.68. The minimum atomic E-state index is -0.900. The Kier molecular flexibility index (Phi) is 3.20. The van der Waals surface area contributed by atoms with Crippen LogP contribution >= 0.6 is 11.8 Å².